The highest BCUT2D eigenvalue weighted by Crippen LogP contribution is 2.07. The summed E-state index contributed by atoms with van der Waals surface area (Å²) in [6.45, 7) is 4.91. The van der Waals surface area contributed by atoms with E-state index in [0.29, 0.717) is 0 Å². The number of hydrogen-bond donors (Lipinski definition) is 1. The molecule has 15 heavy (non-hydrogen) atoms. The molecule has 0 fully saturated rings. The molecule has 0 aliphatic heterocycles. The molecule has 0 aromatic carbocycles. The molecule has 0 aliphatic carbocycles. The first-order chi connectivity index (χ1) is 6.87. The maximum atomic E-state index is 8.74. The van der Waals surface area contributed by atoms with Gasteiger partial charge in [0, 0.05) is 13.1 Å². The van der Waals surface area contributed by atoms with Crippen molar-refractivity contribution in [2.45, 2.75) is 25.3 Å². The first-order valence-corrected chi connectivity index (χ1v) is 5.41. The minimum Gasteiger partial charge on any atom is -0.314 e. The summed E-state index contributed by atoms with van der Waals surface area (Å²) in [6.07, 6.45) is 1.74. The number of nitrogens with zero attached hydrogens (tertiary/aromatic N) is 3. The van der Waals surface area contributed by atoms with Gasteiger partial charge in [-0.3, -0.25) is 0 Å². The Morgan fingerprint density at radius 2 is 1.80 bits per heavy atom. The highest BCUT2D eigenvalue weighted by Gasteiger charge is 2.16. The molecule has 0 rings (SSSR count). The van der Waals surface area contributed by atoms with Crippen molar-refractivity contribution in [3.63, 3.8) is 0 Å². The van der Waals surface area contributed by atoms with E-state index in [9.17, 15) is 0 Å². The van der Waals surface area contributed by atoms with E-state index in [4.69, 9.17) is 11.0 Å². The topological polar surface area (TPSA) is 56.3 Å². The van der Waals surface area contributed by atoms with E-state index >= 15 is 0 Å². The van der Waals surface area contributed by atoms with Crippen LogP contribution in [0.4, 0.5) is 0 Å². The first-order valence-electron chi connectivity index (χ1n) is 5.41. The normalized spacial score (nSPS) is 15.3. The molecular formula is C11H24N4. The van der Waals surface area contributed by atoms with Crippen LogP contribution in [0.3, 0.4) is 0 Å². The van der Waals surface area contributed by atoms with Crippen LogP contribution in [0, 0.1) is 11.3 Å². The van der Waals surface area contributed by atoms with Gasteiger partial charge in [0.25, 0.3) is 0 Å². The Balaban J connectivity index is 3.56. The van der Waals surface area contributed by atoms with Gasteiger partial charge in [0.15, 0.2) is 0 Å². The Labute approximate surface area is 93.6 Å². The minimum absolute atomic E-state index is 0.664. The Morgan fingerprint density at radius 3 is 2.27 bits per heavy atom. The van der Waals surface area contributed by atoms with Crippen molar-refractivity contribution in [2.24, 2.45) is 5.73 Å². The maximum absolute atomic E-state index is 8.74. The monoisotopic (exact) mass is 212 g/mol. The number of nitrogens with two attached hydrogens (primary N) is 1. The van der Waals surface area contributed by atoms with Crippen molar-refractivity contribution in [2.75, 3.05) is 40.8 Å². The lowest BCUT2D eigenvalue weighted by Crippen LogP contribution is -2.35. The van der Waals surface area contributed by atoms with Crippen LogP contribution in [0.15, 0.2) is 0 Å². The molecule has 0 amide bonds. The van der Waals surface area contributed by atoms with E-state index in [1.807, 2.05) is 0 Å². The largest absolute Gasteiger partial charge is 0.314 e. The summed E-state index contributed by atoms with van der Waals surface area (Å²) in [5, 5.41) is 8.74. The molecule has 4 nitrogen and oxygen atoms in total. The molecule has 0 bridgehead atoms. The van der Waals surface area contributed by atoms with Crippen LogP contribution >= 0.6 is 0 Å². The van der Waals surface area contributed by atoms with Crippen LogP contribution in [0.2, 0.25) is 0 Å². The second-order valence-corrected chi connectivity index (χ2v) is 4.74. The molecule has 0 aromatic heterocycles. The first kappa shape index (κ1) is 14.4. The Bertz CT molecular complexity index is 205. The summed E-state index contributed by atoms with van der Waals surface area (Å²) in [4.78, 5) is 4.44. The van der Waals surface area contributed by atoms with E-state index in [-0.39, 0.29) is 0 Å². The quantitative estimate of drug-likeness (QED) is 0.668. The Hall–Kier alpha value is -0.630. The Kier molecular flexibility index (Phi) is 6.50. The van der Waals surface area contributed by atoms with Crippen molar-refractivity contribution in [1.82, 2.24) is 9.80 Å². The van der Waals surface area contributed by atoms with Gasteiger partial charge in [-0.25, -0.2) is 0 Å². The van der Waals surface area contributed by atoms with E-state index in [0.717, 1.165) is 32.5 Å². The van der Waals surface area contributed by atoms with Gasteiger partial charge in [-0.1, -0.05) is 0 Å². The van der Waals surface area contributed by atoms with Crippen LogP contribution < -0.4 is 5.73 Å². The zero-order chi connectivity index (χ0) is 11.9. The third kappa shape index (κ3) is 8.37. The molecule has 1 atom stereocenters. The predicted octanol–water partition coefficient (Wildman–Crippen LogP) is 0.501. The summed E-state index contributed by atoms with van der Waals surface area (Å²) in [6, 6.07) is 2.12. The second kappa shape index (κ2) is 6.78. The molecule has 0 aliphatic rings. The fourth-order valence-corrected chi connectivity index (χ4v) is 1.25. The summed E-state index contributed by atoms with van der Waals surface area (Å²) >= 11 is 0. The van der Waals surface area contributed by atoms with Gasteiger partial charge in [-0.15, -0.1) is 0 Å². The summed E-state index contributed by atoms with van der Waals surface area (Å²) in [5.74, 6) is 0. The van der Waals surface area contributed by atoms with Crippen LogP contribution in [0.1, 0.15) is 19.8 Å². The van der Waals surface area contributed by atoms with Crippen molar-refractivity contribution in [1.29, 1.82) is 5.26 Å². The third-order valence-corrected chi connectivity index (χ3v) is 2.42. The SMILES string of the molecule is CN(C)CCN(C)CCCC(C)(N)C#N. The van der Waals surface area contributed by atoms with Gasteiger partial charge in [-0.2, -0.15) is 5.26 Å². The number of hydrogen-bond acceptors (Lipinski definition) is 4. The summed E-state index contributed by atoms with van der Waals surface area (Å²) in [5.41, 5.74) is 5.07. The van der Waals surface area contributed by atoms with Gasteiger partial charge in [0.05, 0.1) is 6.07 Å². The van der Waals surface area contributed by atoms with E-state index in [2.05, 4.69) is 37.0 Å². The third-order valence-electron chi connectivity index (χ3n) is 2.42. The Morgan fingerprint density at radius 1 is 1.20 bits per heavy atom. The molecule has 0 saturated carbocycles. The van der Waals surface area contributed by atoms with E-state index < -0.39 is 5.54 Å². The van der Waals surface area contributed by atoms with Crippen LogP contribution in [-0.2, 0) is 0 Å². The fraction of sp³-hybridized carbons (Fsp3) is 0.909. The lowest BCUT2D eigenvalue weighted by molar-refractivity contribution is 0.273. The van der Waals surface area contributed by atoms with Gasteiger partial charge < -0.3 is 15.5 Å². The molecule has 0 heterocycles. The van der Waals surface area contributed by atoms with Crippen molar-refractivity contribution in [3.8, 4) is 6.07 Å². The molecule has 88 valence electrons. The highest BCUT2D eigenvalue weighted by molar-refractivity contribution is 5.00. The van der Waals surface area contributed by atoms with Crippen LogP contribution in [0.25, 0.3) is 0 Å². The minimum atomic E-state index is -0.664. The second-order valence-electron chi connectivity index (χ2n) is 4.74. The smallest absolute Gasteiger partial charge is 0.101 e. The van der Waals surface area contributed by atoms with Crippen molar-refractivity contribution in [3.05, 3.63) is 0 Å². The maximum Gasteiger partial charge on any atom is 0.101 e. The predicted molar refractivity (Wildman–Crippen MR) is 63.5 cm³/mol. The molecular weight excluding hydrogens is 188 g/mol. The van der Waals surface area contributed by atoms with E-state index in [1.54, 1.807) is 6.92 Å². The standard InChI is InChI=1S/C11H24N4/c1-11(13,10-12)6-5-7-15(4)9-8-14(2)3/h5-9,13H2,1-4H3. The van der Waals surface area contributed by atoms with Crippen LogP contribution in [-0.4, -0.2) is 56.1 Å². The average Bonchev–Trinajstić information content (AvgIpc) is 2.14. The molecule has 2 N–H and O–H groups in total. The number of nitriles is 1. The zero-order valence-corrected chi connectivity index (χ0v) is 10.5. The summed E-state index contributed by atoms with van der Waals surface area (Å²) in [7, 11) is 6.24. The average molecular weight is 212 g/mol. The lowest BCUT2D eigenvalue weighted by Gasteiger charge is -2.21. The molecule has 0 radical (unpaired) electrons. The number of rotatable bonds is 7. The van der Waals surface area contributed by atoms with Crippen molar-refractivity contribution < 1.29 is 0 Å². The lowest BCUT2D eigenvalue weighted by atomic mass is 9.99. The zero-order valence-electron chi connectivity index (χ0n) is 10.5. The van der Waals surface area contributed by atoms with Gasteiger partial charge in [0.2, 0.25) is 0 Å². The molecule has 1 unspecified atom stereocenters. The van der Waals surface area contributed by atoms with Gasteiger partial charge >= 0.3 is 0 Å². The van der Waals surface area contributed by atoms with Gasteiger partial charge in [-0.05, 0) is 47.5 Å². The van der Waals surface area contributed by atoms with Crippen LogP contribution in [0.5, 0.6) is 0 Å². The van der Waals surface area contributed by atoms with E-state index in [1.165, 1.54) is 0 Å². The fourth-order valence-electron chi connectivity index (χ4n) is 1.25. The number of likely N-dealkylation sites (N-methyl/N-ethyl adjacent to an activating group) is 2. The highest BCUT2D eigenvalue weighted by atomic mass is 15.1. The van der Waals surface area contributed by atoms with Crippen molar-refractivity contribution >= 4 is 0 Å². The van der Waals surface area contributed by atoms with Gasteiger partial charge in [0.1, 0.15) is 5.54 Å². The molecule has 0 aromatic rings. The summed E-state index contributed by atoms with van der Waals surface area (Å²) < 4.78 is 0. The molecule has 4 heteroatoms. The molecule has 0 saturated heterocycles. The molecule has 0 spiro atoms.